The number of ether oxygens (including phenoxy) is 2. The van der Waals surface area contributed by atoms with E-state index >= 15 is 0 Å². The van der Waals surface area contributed by atoms with Gasteiger partial charge < -0.3 is 14.0 Å². The Morgan fingerprint density at radius 1 is 1.15 bits per heavy atom. The molecule has 0 amide bonds. The molecule has 0 radical (unpaired) electrons. The number of allylic oxidation sites excluding steroid dienone is 1. The fourth-order valence-corrected chi connectivity index (χ4v) is 6.40. The van der Waals surface area contributed by atoms with Crippen LogP contribution >= 0.6 is 27.3 Å². The number of methoxy groups -OCH3 is 1. The molecule has 0 aliphatic carbocycles. The van der Waals surface area contributed by atoms with Crippen molar-refractivity contribution in [2.24, 2.45) is 4.99 Å². The third-order valence-corrected chi connectivity index (χ3v) is 8.16. The third-order valence-electron chi connectivity index (χ3n) is 6.69. The van der Waals surface area contributed by atoms with Gasteiger partial charge in [-0.05, 0) is 65.0 Å². The molecule has 39 heavy (non-hydrogen) atoms. The predicted octanol–water partition coefficient (Wildman–Crippen LogP) is 5.49. The molecule has 0 fully saturated rings. The second-order valence-electron chi connectivity index (χ2n) is 10.0. The average Bonchev–Trinajstić information content (AvgIpc) is 3.40. The Hall–Kier alpha value is -3.43. The van der Waals surface area contributed by atoms with E-state index in [9.17, 15) is 9.59 Å². The molecule has 5 rings (SSSR count). The Morgan fingerprint density at radius 3 is 2.59 bits per heavy atom. The number of para-hydroxylation sites is 1. The molecular weight excluding hydrogens is 578 g/mol. The van der Waals surface area contributed by atoms with Crippen LogP contribution in [0, 0.1) is 0 Å². The molecule has 0 spiro atoms. The van der Waals surface area contributed by atoms with E-state index in [0.29, 0.717) is 31.9 Å². The lowest BCUT2D eigenvalue weighted by atomic mass is 9.95. The number of aromatic nitrogens is 2. The molecule has 1 aliphatic heterocycles. The molecule has 202 valence electrons. The smallest absolute Gasteiger partial charge is 0.338 e. The van der Waals surface area contributed by atoms with Crippen LogP contribution in [0.15, 0.2) is 74.2 Å². The van der Waals surface area contributed by atoms with Crippen LogP contribution in [-0.2, 0) is 9.53 Å². The second kappa shape index (κ2) is 10.6. The van der Waals surface area contributed by atoms with Gasteiger partial charge in [0, 0.05) is 38.7 Å². The van der Waals surface area contributed by atoms with Crippen LogP contribution in [-0.4, -0.2) is 28.3 Å². The van der Waals surface area contributed by atoms with E-state index in [2.05, 4.69) is 52.7 Å². The second-order valence-corrected chi connectivity index (χ2v) is 11.9. The van der Waals surface area contributed by atoms with Crippen LogP contribution in [0.25, 0.3) is 17.0 Å². The third kappa shape index (κ3) is 4.89. The minimum Gasteiger partial charge on any atom is -0.496 e. The number of hydrogen-bond donors (Lipinski definition) is 0. The SMILES string of the molecule is COc1ccc(Br)cc1[C@H]1C(C(=O)OC(C)C)=C(C)N=c2s/c(=C\c3cn(C(C)C)c4ccccc34)c(=O)n21. The maximum absolute atomic E-state index is 14.1. The summed E-state index contributed by atoms with van der Waals surface area (Å²) in [7, 11) is 1.57. The molecule has 2 aromatic heterocycles. The van der Waals surface area contributed by atoms with Gasteiger partial charge in [-0.3, -0.25) is 9.36 Å². The number of rotatable bonds is 6. The Morgan fingerprint density at radius 2 is 1.90 bits per heavy atom. The molecule has 0 unspecified atom stereocenters. The fraction of sp³-hybridized carbons (Fsp3) is 0.300. The van der Waals surface area contributed by atoms with E-state index in [4.69, 9.17) is 14.5 Å². The maximum Gasteiger partial charge on any atom is 0.338 e. The van der Waals surface area contributed by atoms with Crippen molar-refractivity contribution in [1.29, 1.82) is 0 Å². The number of thiazole rings is 1. The molecule has 0 N–H and O–H groups in total. The van der Waals surface area contributed by atoms with E-state index in [-0.39, 0.29) is 17.7 Å². The summed E-state index contributed by atoms with van der Waals surface area (Å²) >= 11 is 4.86. The number of carbonyl (C=O) groups excluding carboxylic acids is 1. The molecule has 0 saturated carbocycles. The van der Waals surface area contributed by atoms with Crippen LogP contribution in [0.2, 0.25) is 0 Å². The normalized spacial score (nSPS) is 15.7. The number of carbonyl (C=O) groups is 1. The molecule has 7 nitrogen and oxygen atoms in total. The summed E-state index contributed by atoms with van der Waals surface area (Å²) in [5.41, 5.74) is 3.33. The summed E-state index contributed by atoms with van der Waals surface area (Å²) in [5.74, 6) is 0.0508. The van der Waals surface area contributed by atoms with Crippen molar-refractivity contribution >= 4 is 50.2 Å². The zero-order chi connectivity index (χ0) is 28.0. The summed E-state index contributed by atoms with van der Waals surface area (Å²) in [6.45, 7) is 9.64. The first-order valence-corrected chi connectivity index (χ1v) is 14.4. The van der Waals surface area contributed by atoms with Crippen LogP contribution in [0.3, 0.4) is 0 Å². The minimum atomic E-state index is -0.765. The van der Waals surface area contributed by atoms with Crippen molar-refractivity contribution in [1.82, 2.24) is 9.13 Å². The minimum absolute atomic E-state index is 0.227. The monoisotopic (exact) mass is 607 g/mol. The lowest BCUT2D eigenvalue weighted by Gasteiger charge is -2.26. The van der Waals surface area contributed by atoms with Gasteiger partial charge >= 0.3 is 5.97 Å². The Balaban J connectivity index is 1.78. The van der Waals surface area contributed by atoms with Crippen molar-refractivity contribution in [2.75, 3.05) is 7.11 Å². The van der Waals surface area contributed by atoms with Crippen molar-refractivity contribution in [3.8, 4) is 5.75 Å². The zero-order valence-electron chi connectivity index (χ0n) is 22.7. The van der Waals surface area contributed by atoms with Gasteiger partial charge in [-0.25, -0.2) is 9.79 Å². The average molecular weight is 609 g/mol. The molecule has 2 aromatic carbocycles. The number of hydrogen-bond acceptors (Lipinski definition) is 6. The summed E-state index contributed by atoms with van der Waals surface area (Å²) < 4.78 is 16.4. The summed E-state index contributed by atoms with van der Waals surface area (Å²) in [4.78, 5) is 32.7. The molecule has 0 bridgehead atoms. The number of nitrogens with zero attached hydrogens (tertiary/aromatic N) is 3. The van der Waals surface area contributed by atoms with Gasteiger partial charge in [-0.2, -0.15) is 0 Å². The lowest BCUT2D eigenvalue weighted by molar-refractivity contribution is -0.143. The van der Waals surface area contributed by atoms with E-state index in [1.165, 1.54) is 11.3 Å². The first-order chi connectivity index (χ1) is 18.6. The van der Waals surface area contributed by atoms with Gasteiger partial charge in [-0.1, -0.05) is 45.5 Å². The first kappa shape index (κ1) is 27.1. The number of esters is 1. The van der Waals surface area contributed by atoms with Crippen molar-refractivity contribution in [3.05, 3.63) is 95.2 Å². The van der Waals surface area contributed by atoms with Gasteiger partial charge in [0.2, 0.25) is 0 Å². The zero-order valence-corrected chi connectivity index (χ0v) is 25.1. The standard InChI is InChI=1S/C30H30BrN3O4S/c1-16(2)33-15-19(21-9-7-8-10-23(21)33)13-25-28(35)34-27(22-14-20(31)11-12-24(22)37-6)26(29(36)38-17(3)4)18(5)32-30(34)39-25/h7-17,27H,1-6H3/b25-13-/t27-/m0/s1. The van der Waals surface area contributed by atoms with Crippen LogP contribution in [0.1, 0.15) is 57.8 Å². The van der Waals surface area contributed by atoms with Crippen molar-refractivity contribution in [3.63, 3.8) is 0 Å². The fourth-order valence-electron chi connectivity index (χ4n) is 4.99. The quantitative estimate of drug-likeness (QED) is 0.272. The van der Waals surface area contributed by atoms with Crippen LogP contribution < -0.4 is 19.6 Å². The lowest BCUT2D eigenvalue weighted by Crippen LogP contribution is -2.40. The summed E-state index contributed by atoms with van der Waals surface area (Å²) in [5, 5.41) is 1.07. The number of halogens is 1. The number of benzene rings is 2. The van der Waals surface area contributed by atoms with E-state index < -0.39 is 12.0 Å². The van der Waals surface area contributed by atoms with Gasteiger partial charge in [0.05, 0.1) is 29.0 Å². The Labute approximate surface area is 238 Å². The molecule has 9 heteroatoms. The van der Waals surface area contributed by atoms with Gasteiger partial charge in [0.15, 0.2) is 4.80 Å². The molecule has 1 aliphatic rings. The maximum atomic E-state index is 14.1. The van der Waals surface area contributed by atoms with E-state index in [1.54, 1.807) is 32.4 Å². The summed E-state index contributed by atoms with van der Waals surface area (Å²) in [6, 6.07) is 13.2. The van der Waals surface area contributed by atoms with Crippen LogP contribution in [0.5, 0.6) is 5.75 Å². The summed E-state index contributed by atoms with van der Waals surface area (Å²) in [6.07, 6.45) is 3.68. The van der Waals surface area contributed by atoms with Crippen LogP contribution in [0.4, 0.5) is 0 Å². The largest absolute Gasteiger partial charge is 0.496 e. The van der Waals surface area contributed by atoms with Gasteiger partial charge in [0.1, 0.15) is 11.8 Å². The van der Waals surface area contributed by atoms with Crippen molar-refractivity contribution in [2.45, 2.75) is 52.8 Å². The van der Waals surface area contributed by atoms with Gasteiger partial charge in [-0.15, -0.1) is 0 Å². The molecule has 1 atom stereocenters. The van der Waals surface area contributed by atoms with Gasteiger partial charge in [0.25, 0.3) is 5.56 Å². The highest BCUT2D eigenvalue weighted by Gasteiger charge is 2.35. The first-order valence-electron chi connectivity index (χ1n) is 12.8. The highest BCUT2D eigenvalue weighted by Crippen LogP contribution is 2.37. The highest BCUT2D eigenvalue weighted by molar-refractivity contribution is 9.10. The molecular formula is C30H30BrN3O4S. The molecule has 4 aromatic rings. The van der Waals surface area contributed by atoms with E-state index in [0.717, 1.165) is 20.9 Å². The topological polar surface area (TPSA) is 74.8 Å². The molecule has 0 saturated heterocycles. The highest BCUT2D eigenvalue weighted by atomic mass is 79.9. The number of fused-ring (bicyclic) bond motifs is 2. The predicted molar refractivity (Wildman–Crippen MR) is 158 cm³/mol. The Kier molecular flexibility index (Phi) is 7.39. The Bertz CT molecular complexity index is 1810. The van der Waals surface area contributed by atoms with Crippen molar-refractivity contribution < 1.29 is 14.3 Å². The van der Waals surface area contributed by atoms with E-state index in [1.807, 2.05) is 36.4 Å². The molecule has 3 heterocycles.